The first-order chi connectivity index (χ1) is 20.4. The Kier molecular flexibility index (Phi) is 9.02. The van der Waals surface area contributed by atoms with Gasteiger partial charge in [-0.2, -0.15) is 5.26 Å². The number of rotatable bonds is 9. The van der Waals surface area contributed by atoms with Gasteiger partial charge in [0.1, 0.15) is 16.9 Å². The second kappa shape index (κ2) is 13.2. The van der Waals surface area contributed by atoms with Crippen molar-refractivity contribution in [3.8, 4) is 28.5 Å². The molecule has 0 spiro atoms. The number of hydrogen-bond acceptors (Lipinski definition) is 6. The van der Waals surface area contributed by atoms with Crippen LogP contribution in [0, 0.1) is 17.1 Å². The maximum Gasteiger partial charge on any atom is 0.237 e. The molecule has 3 aromatic carbocycles. The average molecular weight is 590 g/mol. The number of pyridine rings is 1. The topological polar surface area (TPSA) is 82.8 Å². The number of nitrogens with zero attached hydrogens (tertiary/aromatic N) is 2. The van der Waals surface area contributed by atoms with Gasteiger partial charge in [-0.05, 0) is 78.6 Å². The molecule has 5 rings (SSSR count). The number of hydrogen-bond donors (Lipinski definition) is 1. The van der Waals surface area contributed by atoms with Gasteiger partial charge in [-0.1, -0.05) is 60.3 Å². The first kappa shape index (κ1) is 28.7. The Balaban J connectivity index is 1.36. The number of anilines is 1. The highest BCUT2D eigenvalue weighted by Crippen LogP contribution is 2.36. The molecular weight excluding hydrogens is 566 g/mol. The molecule has 0 bridgehead atoms. The van der Waals surface area contributed by atoms with Crippen LogP contribution in [-0.4, -0.2) is 21.9 Å². The Morgan fingerprint density at radius 1 is 0.976 bits per heavy atom. The number of carbonyl (C=O) groups is 2. The van der Waals surface area contributed by atoms with Gasteiger partial charge in [0.05, 0.1) is 16.5 Å². The molecule has 0 unspecified atom stereocenters. The zero-order valence-corrected chi connectivity index (χ0v) is 24.1. The minimum Gasteiger partial charge on any atom is -0.325 e. The summed E-state index contributed by atoms with van der Waals surface area (Å²) in [6.45, 7) is 1.73. The predicted octanol–water partition coefficient (Wildman–Crippen LogP) is 8.50. The van der Waals surface area contributed by atoms with E-state index < -0.39 is 11.1 Å². The average Bonchev–Trinajstić information content (AvgIpc) is 3.54. The molecule has 0 fully saturated rings. The van der Waals surface area contributed by atoms with Gasteiger partial charge in [0.2, 0.25) is 5.91 Å². The summed E-state index contributed by atoms with van der Waals surface area (Å²) in [5.74, 6) is -0.838. The molecule has 2 aromatic heterocycles. The van der Waals surface area contributed by atoms with Gasteiger partial charge in [0, 0.05) is 27.3 Å². The highest BCUT2D eigenvalue weighted by molar-refractivity contribution is 8.00. The predicted molar refractivity (Wildman–Crippen MR) is 168 cm³/mol. The summed E-state index contributed by atoms with van der Waals surface area (Å²) in [6, 6.07) is 30.1. The van der Waals surface area contributed by atoms with E-state index in [0.29, 0.717) is 33.1 Å². The van der Waals surface area contributed by atoms with Gasteiger partial charge in [-0.25, -0.2) is 9.37 Å². The van der Waals surface area contributed by atoms with Gasteiger partial charge < -0.3 is 5.32 Å². The number of aromatic nitrogens is 1. The van der Waals surface area contributed by atoms with E-state index in [4.69, 9.17) is 4.98 Å². The number of benzene rings is 3. The zero-order valence-electron chi connectivity index (χ0n) is 22.5. The highest BCUT2D eigenvalue weighted by Gasteiger charge is 2.22. The van der Waals surface area contributed by atoms with E-state index in [1.165, 1.54) is 18.2 Å². The highest BCUT2D eigenvalue weighted by atomic mass is 32.2. The van der Waals surface area contributed by atoms with Gasteiger partial charge in [0.25, 0.3) is 0 Å². The molecule has 5 aromatic rings. The van der Waals surface area contributed by atoms with Crippen LogP contribution in [0.4, 0.5) is 10.1 Å². The number of thiophene rings is 1. The second-order valence-corrected chi connectivity index (χ2v) is 11.6. The Bertz CT molecular complexity index is 1800. The normalized spacial score (nSPS) is 11.6. The lowest BCUT2D eigenvalue weighted by Crippen LogP contribution is -2.22. The largest absolute Gasteiger partial charge is 0.325 e. The molecule has 0 saturated carbocycles. The number of amides is 1. The molecule has 206 valence electrons. The first-order valence-corrected chi connectivity index (χ1v) is 14.8. The molecule has 0 radical (unpaired) electrons. The van der Waals surface area contributed by atoms with Gasteiger partial charge in [-0.3, -0.25) is 9.59 Å². The van der Waals surface area contributed by atoms with E-state index >= 15 is 0 Å². The fraction of sp³-hybridized carbons (Fsp3) is 0.0588. The van der Waals surface area contributed by atoms with Crippen molar-refractivity contribution in [3.63, 3.8) is 0 Å². The summed E-state index contributed by atoms with van der Waals surface area (Å²) in [5, 5.41) is 14.7. The Labute approximate surface area is 251 Å². The van der Waals surface area contributed by atoms with Gasteiger partial charge in [-0.15, -0.1) is 11.3 Å². The maximum absolute atomic E-state index is 14.1. The van der Waals surface area contributed by atoms with Crippen molar-refractivity contribution < 1.29 is 14.0 Å². The third-order valence-corrected chi connectivity index (χ3v) is 8.26. The van der Waals surface area contributed by atoms with E-state index in [2.05, 4.69) is 11.4 Å². The number of allylic oxidation sites excluding steroid dienone is 1. The lowest BCUT2D eigenvalue weighted by molar-refractivity contribution is -0.115. The molecule has 5 nitrogen and oxygen atoms in total. The lowest BCUT2D eigenvalue weighted by atomic mass is 9.99. The second-order valence-electron chi connectivity index (χ2n) is 9.26. The van der Waals surface area contributed by atoms with E-state index in [1.807, 2.05) is 47.8 Å². The molecule has 0 aliphatic carbocycles. The molecule has 8 heteroatoms. The standard InChI is InChI=1S/C34H24FN3O2S2/c1-22(33(40)37-27-14-12-24(13-15-27)32(39)17-16-28-11-6-18-41-28)42-34-30(21-36)29(25-9-5-10-26(35)19-25)20-31(38-34)23-7-3-2-4-8-23/h2-20,22H,1H3,(H,37,40)/b17-16+/t22-/m0/s1. The zero-order chi connectivity index (χ0) is 29.5. The molecule has 0 aliphatic rings. The van der Waals surface area contributed by atoms with Gasteiger partial charge >= 0.3 is 0 Å². The smallest absolute Gasteiger partial charge is 0.237 e. The summed E-state index contributed by atoms with van der Waals surface area (Å²) < 4.78 is 14.1. The van der Waals surface area contributed by atoms with Crippen molar-refractivity contribution in [2.75, 3.05) is 5.32 Å². The summed E-state index contributed by atoms with van der Waals surface area (Å²) in [4.78, 5) is 31.4. The Morgan fingerprint density at radius 2 is 1.74 bits per heavy atom. The van der Waals surface area contributed by atoms with Crippen LogP contribution >= 0.6 is 23.1 Å². The third kappa shape index (κ3) is 6.89. The van der Waals surface area contributed by atoms with Crippen LogP contribution in [0.1, 0.15) is 27.7 Å². The number of halogens is 1. The Hall–Kier alpha value is -4.84. The van der Waals surface area contributed by atoms with Crippen LogP contribution in [0.15, 0.2) is 114 Å². The first-order valence-electron chi connectivity index (χ1n) is 13.0. The third-order valence-electron chi connectivity index (χ3n) is 6.34. The van der Waals surface area contributed by atoms with Crippen molar-refractivity contribution in [3.05, 3.63) is 130 Å². The van der Waals surface area contributed by atoms with Gasteiger partial charge in [0.15, 0.2) is 5.78 Å². The lowest BCUT2D eigenvalue weighted by Gasteiger charge is -2.16. The van der Waals surface area contributed by atoms with Crippen LogP contribution < -0.4 is 5.32 Å². The number of nitrogens with one attached hydrogen (secondary N) is 1. The molecule has 2 heterocycles. The molecule has 1 amide bonds. The SMILES string of the molecule is C[C@H](Sc1nc(-c2ccccc2)cc(-c2cccc(F)c2)c1C#N)C(=O)Nc1ccc(C(=O)/C=C/c2cccs2)cc1. The van der Waals surface area contributed by atoms with E-state index in [9.17, 15) is 19.2 Å². The van der Waals surface area contributed by atoms with Crippen LogP contribution in [-0.2, 0) is 4.79 Å². The van der Waals surface area contributed by atoms with Crippen LogP contribution in [0.2, 0.25) is 0 Å². The number of nitriles is 1. The maximum atomic E-state index is 14.1. The fourth-order valence-corrected chi connectivity index (χ4v) is 5.72. The van der Waals surface area contributed by atoms with Crippen molar-refractivity contribution in [1.82, 2.24) is 4.98 Å². The van der Waals surface area contributed by atoms with E-state index in [1.54, 1.807) is 66.8 Å². The molecule has 0 aliphatic heterocycles. The number of ketones is 1. The minimum atomic E-state index is -0.619. The van der Waals surface area contributed by atoms with E-state index in [0.717, 1.165) is 22.2 Å². The van der Waals surface area contributed by atoms with Crippen molar-refractivity contribution >= 4 is 46.6 Å². The van der Waals surface area contributed by atoms with Crippen molar-refractivity contribution in [2.24, 2.45) is 0 Å². The number of thioether (sulfide) groups is 1. The molecule has 0 saturated heterocycles. The van der Waals surface area contributed by atoms with Crippen molar-refractivity contribution in [1.29, 1.82) is 5.26 Å². The van der Waals surface area contributed by atoms with Crippen LogP contribution in [0.25, 0.3) is 28.5 Å². The quantitative estimate of drug-likeness (QED) is 0.106. The van der Waals surface area contributed by atoms with E-state index in [-0.39, 0.29) is 17.3 Å². The fourth-order valence-electron chi connectivity index (χ4n) is 4.18. The molecule has 1 N–H and O–H groups in total. The van der Waals surface area contributed by atoms with Crippen molar-refractivity contribution in [2.45, 2.75) is 17.2 Å². The molecule has 1 atom stereocenters. The van der Waals surface area contributed by atoms with Crippen LogP contribution in [0.5, 0.6) is 0 Å². The summed E-state index contributed by atoms with van der Waals surface area (Å²) in [7, 11) is 0. The van der Waals surface area contributed by atoms with Crippen LogP contribution in [0.3, 0.4) is 0 Å². The summed E-state index contributed by atoms with van der Waals surface area (Å²) in [6.07, 6.45) is 3.30. The summed E-state index contributed by atoms with van der Waals surface area (Å²) >= 11 is 2.70. The minimum absolute atomic E-state index is 0.132. The monoisotopic (exact) mass is 589 g/mol. The Morgan fingerprint density at radius 3 is 2.43 bits per heavy atom. The summed E-state index contributed by atoms with van der Waals surface area (Å²) in [5.41, 5.74) is 3.84. The number of carbonyl (C=O) groups excluding carboxylic acids is 2. The molecule has 42 heavy (non-hydrogen) atoms. The molecular formula is C34H24FN3O2S2.